The summed E-state index contributed by atoms with van der Waals surface area (Å²) in [4.78, 5) is 15.5. The average molecular weight is 446 g/mol. The van der Waals surface area contributed by atoms with Gasteiger partial charge in [-0.05, 0) is 42.9 Å². The van der Waals surface area contributed by atoms with Crippen molar-refractivity contribution in [1.82, 2.24) is 10.6 Å². The molecule has 1 aromatic rings. The van der Waals surface area contributed by atoms with E-state index in [0.717, 1.165) is 24.4 Å². The Bertz CT molecular complexity index is 552. The van der Waals surface area contributed by atoms with Gasteiger partial charge < -0.3 is 16.4 Å². The zero-order valence-corrected chi connectivity index (χ0v) is 17.7. The molecule has 0 saturated carbocycles. The van der Waals surface area contributed by atoms with E-state index in [1.165, 1.54) is 0 Å². The minimum absolute atomic E-state index is 0. The predicted molar refractivity (Wildman–Crippen MR) is 112 cm³/mol. The Morgan fingerprint density at radius 2 is 2.00 bits per heavy atom. The molecular formula is C18H31IN4O. The monoisotopic (exact) mass is 446 g/mol. The standard InChI is InChI=1S/C18H30N4O.HI/c1-13(9-10-18(2,3)4)22-17(20-5)21-12-14-7-6-8-15(11-14)16(19)23;/h6-8,11,13H,9-10,12H2,1-5H3,(H2,19,23)(H2,20,21,22);1H. The van der Waals surface area contributed by atoms with Crippen molar-refractivity contribution < 1.29 is 4.79 Å². The molecule has 1 unspecified atom stereocenters. The molecule has 1 atom stereocenters. The second-order valence-electron chi connectivity index (χ2n) is 7.14. The van der Waals surface area contributed by atoms with Crippen molar-refractivity contribution in [2.24, 2.45) is 16.1 Å². The molecule has 0 radical (unpaired) electrons. The first-order valence-electron chi connectivity index (χ1n) is 8.07. The van der Waals surface area contributed by atoms with E-state index in [4.69, 9.17) is 5.73 Å². The maximum atomic E-state index is 11.2. The Kier molecular flexibility index (Phi) is 9.96. The van der Waals surface area contributed by atoms with Gasteiger partial charge in [0.25, 0.3) is 0 Å². The maximum Gasteiger partial charge on any atom is 0.248 e. The van der Waals surface area contributed by atoms with Crippen molar-refractivity contribution in [1.29, 1.82) is 0 Å². The van der Waals surface area contributed by atoms with Crippen LogP contribution in [-0.4, -0.2) is 25.0 Å². The molecule has 1 rings (SSSR count). The van der Waals surface area contributed by atoms with E-state index in [-0.39, 0.29) is 24.0 Å². The van der Waals surface area contributed by atoms with Gasteiger partial charge in [0.15, 0.2) is 5.96 Å². The molecule has 0 bridgehead atoms. The third-order valence-corrected chi connectivity index (χ3v) is 3.61. The summed E-state index contributed by atoms with van der Waals surface area (Å²) in [6, 6.07) is 7.64. The van der Waals surface area contributed by atoms with Crippen LogP contribution in [0.25, 0.3) is 0 Å². The van der Waals surface area contributed by atoms with E-state index in [0.29, 0.717) is 23.6 Å². The van der Waals surface area contributed by atoms with Crippen LogP contribution in [0, 0.1) is 5.41 Å². The first-order valence-corrected chi connectivity index (χ1v) is 8.07. The van der Waals surface area contributed by atoms with E-state index in [9.17, 15) is 4.79 Å². The van der Waals surface area contributed by atoms with Crippen molar-refractivity contribution >= 4 is 35.8 Å². The third-order valence-electron chi connectivity index (χ3n) is 3.61. The van der Waals surface area contributed by atoms with Crippen LogP contribution in [0.4, 0.5) is 0 Å². The van der Waals surface area contributed by atoms with E-state index >= 15 is 0 Å². The van der Waals surface area contributed by atoms with Gasteiger partial charge in [0.2, 0.25) is 5.91 Å². The normalized spacial score (nSPS) is 13.0. The molecule has 4 N–H and O–H groups in total. The number of halogens is 1. The van der Waals surface area contributed by atoms with Crippen molar-refractivity contribution in [3.8, 4) is 0 Å². The number of carbonyl (C=O) groups is 1. The van der Waals surface area contributed by atoms with Gasteiger partial charge in [0.1, 0.15) is 0 Å². The Morgan fingerprint density at radius 1 is 1.33 bits per heavy atom. The fraction of sp³-hybridized carbons (Fsp3) is 0.556. The van der Waals surface area contributed by atoms with Crippen LogP contribution in [0.15, 0.2) is 29.3 Å². The molecule has 0 spiro atoms. The molecule has 136 valence electrons. The van der Waals surface area contributed by atoms with Crippen molar-refractivity contribution in [2.75, 3.05) is 7.05 Å². The highest BCUT2D eigenvalue weighted by atomic mass is 127. The smallest absolute Gasteiger partial charge is 0.248 e. The summed E-state index contributed by atoms with van der Waals surface area (Å²) in [5, 5.41) is 6.66. The summed E-state index contributed by atoms with van der Waals surface area (Å²) in [6.07, 6.45) is 2.24. The molecule has 0 aliphatic carbocycles. The number of nitrogens with two attached hydrogens (primary N) is 1. The van der Waals surface area contributed by atoms with Crippen LogP contribution in [0.3, 0.4) is 0 Å². The molecule has 6 heteroatoms. The van der Waals surface area contributed by atoms with Gasteiger partial charge in [-0.25, -0.2) is 0 Å². The molecule has 0 aliphatic rings. The summed E-state index contributed by atoms with van der Waals surface area (Å²) in [6.45, 7) is 9.49. The van der Waals surface area contributed by atoms with Crippen LogP contribution < -0.4 is 16.4 Å². The first-order chi connectivity index (χ1) is 10.7. The number of primary amides is 1. The predicted octanol–water partition coefficient (Wildman–Crippen LogP) is 3.28. The van der Waals surface area contributed by atoms with Crippen molar-refractivity contribution in [3.63, 3.8) is 0 Å². The topological polar surface area (TPSA) is 79.5 Å². The number of hydrogen-bond acceptors (Lipinski definition) is 2. The fourth-order valence-corrected chi connectivity index (χ4v) is 2.17. The van der Waals surface area contributed by atoms with Crippen molar-refractivity contribution in [3.05, 3.63) is 35.4 Å². The van der Waals surface area contributed by atoms with Gasteiger partial charge >= 0.3 is 0 Å². The number of nitrogens with one attached hydrogen (secondary N) is 2. The zero-order chi connectivity index (χ0) is 17.5. The lowest BCUT2D eigenvalue weighted by atomic mass is 9.89. The van der Waals surface area contributed by atoms with E-state index in [2.05, 4.69) is 43.3 Å². The lowest BCUT2D eigenvalue weighted by molar-refractivity contribution is 0.1000. The third kappa shape index (κ3) is 9.10. The Morgan fingerprint density at radius 3 is 2.54 bits per heavy atom. The number of carbonyl (C=O) groups excluding carboxylic acids is 1. The van der Waals surface area contributed by atoms with Crippen LogP contribution in [-0.2, 0) is 6.54 Å². The van der Waals surface area contributed by atoms with Crippen LogP contribution in [0.5, 0.6) is 0 Å². The molecule has 24 heavy (non-hydrogen) atoms. The molecule has 1 amide bonds. The zero-order valence-electron chi connectivity index (χ0n) is 15.3. The minimum Gasteiger partial charge on any atom is -0.366 e. The highest BCUT2D eigenvalue weighted by molar-refractivity contribution is 14.0. The quantitative estimate of drug-likeness (QED) is 0.357. The number of nitrogens with zero attached hydrogens (tertiary/aromatic N) is 1. The van der Waals surface area contributed by atoms with Gasteiger partial charge in [0.05, 0.1) is 0 Å². The van der Waals surface area contributed by atoms with Gasteiger partial charge in [-0.2, -0.15) is 0 Å². The second kappa shape index (κ2) is 10.5. The summed E-state index contributed by atoms with van der Waals surface area (Å²) in [5.74, 6) is 0.348. The average Bonchev–Trinajstić information content (AvgIpc) is 2.49. The maximum absolute atomic E-state index is 11.2. The molecule has 0 aliphatic heterocycles. The number of benzene rings is 1. The molecule has 0 fully saturated rings. The summed E-state index contributed by atoms with van der Waals surface area (Å²) in [7, 11) is 1.76. The SMILES string of the molecule is CN=C(NCc1cccc(C(N)=O)c1)NC(C)CCC(C)(C)C.I. The number of aliphatic imine (C=N–C) groups is 1. The van der Waals surface area contributed by atoms with Crippen LogP contribution in [0.2, 0.25) is 0 Å². The van der Waals surface area contributed by atoms with Gasteiger partial charge in [-0.15, -0.1) is 24.0 Å². The Labute approximate surface area is 162 Å². The highest BCUT2D eigenvalue weighted by Crippen LogP contribution is 2.21. The van der Waals surface area contributed by atoms with Gasteiger partial charge in [-0.1, -0.05) is 32.9 Å². The second-order valence-corrected chi connectivity index (χ2v) is 7.14. The van der Waals surface area contributed by atoms with Gasteiger partial charge in [-0.3, -0.25) is 9.79 Å². The number of rotatable bonds is 6. The van der Waals surface area contributed by atoms with Gasteiger partial charge in [0, 0.05) is 25.2 Å². The largest absolute Gasteiger partial charge is 0.366 e. The fourth-order valence-electron chi connectivity index (χ4n) is 2.17. The molecule has 0 aromatic heterocycles. The summed E-state index contributed by atoms with van der Waals surface area (Å²) < 4.78 is 0. The highest BCUT2D eigenvalue weighted by Gasteiger charge is 2.13. The van der Waals surface area contributed by atoms with E-state index in [1.54, 1.807) is 19.2 Å². The number of guanidine groups is 1. The van der Waals surface area contributed by atoms with Crippen LogP contribution in [0.1, 0.15) is 56.5 Å². The van der Waals surface area contributed by atoms with Crippen molar-refractivity contribution in [2.45, 2.75) is 53.1 Å². The first kappa shape index (κ1) is 22.7. The van der Waals surface area contributed by atoms with Crippen LogP contribution >= 0.6 is 24.0 Å². The van der Waals surface area contributed by atoms with E-state index < -0.39 is 5.91 Å². The lowest BCUT2D eigenvalue weighted by Gasteiger charge is -2.23. The molecule has 5 nitrogen and oxygen atoms in total. The Hall–Kier alpha value is -1.31. The summed E-state index contributed by atoms with van der Waals surface area (Å²) in [5.41, 5.74) is 7.15. The number of hydrogen-bond donors (Lipinski definition) is 3. The Balaban J connectivity index is 0.00000529. The molecule has 0 saturated heterocycles. The molecule has 1 aromatic carbocycles. The lowest BCUT2D eigenvalue weighted by Crippen LogP contribution is -2.42. The molecular weight excluding hydrogens is 415 g/mol. The minimum atomic E-state index is -0.412. The number of amides is 1. The molecule has 0 heterocycles. The summed E-state index contributed by atoms with van der Waals surface area (Å²) >= 11 is 0. The van der Waals surface area contributed by atoms with E-state index in [1.807, 2.05) is 12.1 Å².